The number of alkyl halides is 5. The molecule has 2 atom stereocenters. The van der Waals surface area contributed by atoms with Crippen molar-refractivity contribution in [2.45, 2.75) is 44.7 Å². The molecule has 1 N–H and O–H groups in total. The zero-order valence-corrected chi connectivity index (χ0v) is 9.99. The van der Waals surface area contributed by atoms with Crippen molar-refractivity contribution in [1.29, 1.82) is 0 Å². The molecule has 106 valence electrons. The van der Waals surface area contributed by atoms with E-state index in [0.717, 1.165) is 25.7 Å². The van der Waals surface area contributed by atoms with Crippen LogP contribution in [0.1, 0.15) is 32.6 Å². The maximum absolute atomic E-state index is 12.6. The number of nitrogens with one attached hydrogen (secondary N) is 1. The van der Waals surface area contributed by atoms with Crippen LogP contribution in [0.3, 0.4) is 0 Å². The molecule has 2 unspecified atom stereocenters. The molecule has 0 saturated heterocycles. The molecule has 1 saturated carbocycles. The standard InChI is InChI=1S/C11H16F5NO/c1-7-4-2-3-5-8(7)6-17-9(18)10(12,13)11(14,15)16/h7-8H,2-6H2,1H3,(H,17,18). The van der Waals surface area contributed by atoms with E-state index in [9.17, 15) is 26.7 Å². The summed E-state index contributed by atoms with van der Waals surface area (Å²) in [4.78, 5) is 10.9. The molecule has 0 aliphatic heterocycles. The molecule has 0 bridgehead atoms. The second kappa shape index (κ2) is 5.40. The fourth-order valence-corrected chi connectivity index (χ4v) is 2.16. The highest BCUT2D eigenvalue weighted by Gasteiger charge is 2.63. The quantitative estimate of drug-likeness (QED) is 0.786. The molecule has 1 amide bonds. The lowest BCUT2D eigenvalue weighted by Crippen LogP contribution is -2.51. The molecule has 7 heteroatoms. The maximum atomic E-state index is 12.6. The average molecular weight is 273 g/mol. The van der Waals surface area contributed by atoms with Crippen LogP contribution in [0.15, 0.2) is 0 Å². The third-order valence-electron chi connectivity index (χ3n) is 3.46. The van der Waals surface area contributed by atoms with Crippen molar-refractivity contribution in [3.63, 3.8) is 0 Å². The summed E-state index contributed by atoms with van der Waals surface area (Å²) in [7, 11) is 0. The Morgan fingerprint density at radius 1 is 1.17 bits per heavy atom. The highest BCUT2D eigenvalue weighted by atomic mass is 19.4. The van der Waals surface area contributed by atoms with E-state index in [1.165, 1.54) is 0 Å². The van der Waals surface area contributed by atoms with Gasteiger partial charge in [0.25, 0.3) is 5.91 Å². The van der Waals surface area contributed by atoms with Crippen LogP contribution in [0.5, 0.6) is 0 Å². The Morgan fingerprint density at radius 3 is 2.22 bits per heavy atom. The van der Waals surface area contributed by atoms with Crippen molar-refractivity contribution in [1.82, 2.24) is 5.32 Å². The minimum Gasteiger partial charge on any atom is -0.350 e. The van der Waals surface area contributed by atoms with Gasteiger partial charge in [-0.05, 0) is 18.3 Å². The van der Waals surface area contributed by atoms with Gasteiger partial charge in [-0.2, -0.15) is 22.0 Å². The summed E-state index contributed by atoms with van der Waals surface area (Å²) >= 11 is 0. The third kappa shape index (κ3) is 3.32. The van der Waals surface area contributed by atoms with Gasteiger partial charge in [0.05, 0.1) is 0 Å². The van der Waals surface area contributed by atoms with Crippen LogP contribution < -0.4 is 5.32 Å². The topological polar surface area (TPSA) is 29.1 Å². The van der Waals surface area contributed by atoms with Gasteiger partial charge in [0.15, 0.2) is 0 Å². The van der Waals surface area contributed by atoms with E-state index in [1.54, 1.807) is 5.32 Å². The molecular formula is C11H16F5NO. The summed E-state index contributed by atoms with van der Waals surface area (Å²) in [5.41, 5.74) is 0. The van der Waals surface area contributed by atoms with E-state index in [4.69, 9.17) is 0 Å². The largest absolute Gasteiger partial charge is 0.463 e. The number of halogens is 5. The normalized spacial score (nSPS) is 25.9. The molecule has 18 heavy (non-hydrogen) atoms. The summed E-state index contributed by atoms with van der Waals surface area (Å²) < 4.78 is 61.0. The zero-order valence-electron chi connectivity index (χ0n) is 9.99. The van der Waals surface area contributed by atoms with Gasteiger partial charge in [-0.3, -0.25) is 4.79 Å². The van der Waals surface area contributed by atoms with Gasteiger partial charge < -0.3 is 5.32 Å². The monoisotopic (exact) mass is 273 g/mol. The van der Waals surface area contributed by atoms with Gasteiger partial charge in [0, 0.05) is 6.54 Å². The van der Waals surface area contributed by atoms with Gasteiger partial charge in [0.2, 0.25) is 0 Å². The van der Waals surface area contributed by atoms with E-state index < -0.39 is 18.0 Å². The maximum Gasteiger partial charge on any atom is 0.463 e. The summed E-state index contributed by atoms with van der Waals surface area (Å²) in [6.07, 6.45) is -2.23. The summed E-state index contributed by atoms with van der Waals surface area (Å²) in [5.74, 6) is -7.36. The van der Waals surface area contributed by atoms with Crippen LogP contribution in [0.25, 0.3) is 0 Å². The van der Waals surface area contributed by atoms with Crippen LogP contribution in [0.4, 0.5) is 22.0 Å². The molecule has 1 aliphatic carbocycles. The Kier molecular flexibility index (Phi) is 4.55. The number of rotatable bonds is 3. The molecule has 0 aromatic carbocycles. The number of amides is 1. The van der Waals surface area contributed by atoms with Crippen molar-refractivity contribution in [2.75, 3.05) is 6.54 Å². The first-order valence-corrected chi connectivity index (χ1v) is 5.89. The number of hydrogen-bond acceptors (Lipinski definition) is 1. The summed E-state index contributed by atoms with van der Waals surface area (Å²) in [5, 5.41) is 1.72. The van der Waals surface area contributed by atoms with Gasteiger partial charge in [-0.15, -0.1) is 0 Å². The lowest BCUT2D eigenvalue weighted by atomic mass is 9.80. The lowest BCUT2D eigenvalue weighted by Gasteiger charge is -2.29. The van der Waals surface area contributed by atoms with E-state index in [2.05, 4.69) is 0 Å². The minimum atomic E-state index is -5.84. The minimum absolute atomic E-state index is 0.0215. The second-order valence-electron chi connectivity index (χ2n) is 4.80. The number of carbonyl (C=O) groups is 1. The average Bonchev–Trinajstić information content (AvgIpc) is 2.26. The number of hydrogen-bond donors (Lipinski definition) is 1. The van der Waals surface area contributed by atoms with Crippen LogP contribution in [-0.4, -0.2) is 24.6 Å². The summed E-state index contributed by atoms with van der Waals surface area (Å²) in [6.45, 7) is 1.80. The molecule has 1 fully saturated rings. The lowest BCUT2D eigenvalue weighted by molar-refractivity contribution is -0.269. The fourth-order valence-electron chi connectivity index (χ4n) is 2.16. The zero-order chi connectivity index (χ0) is 14.0. The van der Waals surface area contributed by atoms with Crippen molar-refractivity contribution in [3.8, 4) is 0 Å². The van der Waals surface area contributed by atoms with E-state index in [0.29, 0.717) is 0 Å². The van der Waals surface area contributed by atoms with E-state index in [1.807, 2.05) is 6.92 Å². The Labute approximate surface area is 102 Å². The molecule has 0 heterocycles. The Bertz CT molecular complexity index is 302. The molecule has 0 aromatic heterocycles. The SMILES string of the molecule is CC1CCCCC1CNC(=O)C(F)(F)C(F)(F)F. The van der Waals surface area contributed by atoms with E-state index in [-0.39, 0.29) is 18.4 Å². The first-order valence-electron chi connectivity index (χ1n) is 5.89. The van der Waals surface area contributed by atoms with E-state index >= 15 is 0 Å². The predicted molar refractivity (Wildman–Crippen MR) is 55.1 cm³/mol. The first-order chi connectivity index (χ1) is 8.16. The molecule has 2 nitrogen and oxygen atoms in total. The van der Waals surface area contributed by atoms with Crippen molar-refractivity contribution >= 4 is 5.91 Å². The molecule has 1 aliphatic rings. The van der Waals surface area contributed by atoms with Gasteiger partial charge >= 0.3 is 12.1 Å². The van der Waals surface area contributed by atoms with Crippen molar-refractivity contribution < 1.29 is 26.7 Å². The molecule has 0 aromatic rings. The van der Waals surface area contributed by atoms with Gasteiger partial charge in [-0.25, -0.2) is 0 Å². The summed E-state index contributed by atoms with van der Waals surface area (Å²) in [6, 6.07) is 0. The second-order valence-corrected chi connectivity index (χ2v) is 4.80. The van der Waals surface area contributed by atoms with Crippen molar-refractivity contribution in [2.24, 2.45) is 11.8 Å². The molecule has 0 radical (unpaired) electrons. The highest BCUT2D eigenvalue weighted by Crippen LogP contribution is 2.36. The van der Waals surface area contributed by atoms with Crippen LogP contribution in [0, 0.1) is 11.8 Å². The highest BCUT2D eigenvalue weighted by molar-refractivity contribution is 5.84. The smallest absolute Gasteiger partial charge is 0.350 e. The molecule has 0 spiro atoms. The first kappa shape index (κ1) is 15.2. The van der Waals surface area contributed by atoms with Crippen LogP contribution in [0.2, 0.25) is 0 Å². The van der Waals surface area contributed by atoms with Crippen LogP contribution in [-0.2, 0) is 4.79 Å². The Balaban J connectivity index is 2.50. The van der Waals surface area contributed by atoms with Crippen molar-refractivity contribution in [3.05, 3.63) is 0 Å². The fraction of sp³-hybridized carbons (Fsp3) is 0.909. The predicted octanol–water partition coefficient (Wildman–Crippen LogP) is 3.13. The Morgan fingerprint density at radius 2 is 1.72 bits per heavy atom. The van der Waals surface area contributed by atoms with Crippen LogP contribution >= 0.6 is 0 Å². The molecule has 1 rings (SSSR count). The number of carbonyl (C=O) groups excluding carboxylic acids is 1. The van der Waals surface area contributed by atoms with Gasteiger partial charge in [0.1, 0.15) is 0 Å². The third-order valence-corrected chi connectivity index (χ3v) is 3.46. The Hall–Kier alpha value is -0.880. The molecular weight excluding hydrogens is 257 g/mol. The van der Waals surface area contributed by atoms with Gasteiger partial charge in [-0.1, -0.05) is 26.2 Å².